The third kappa shape index (κ3) is 3.91. The summed E-state index contributed by atoms with van der Waals surface area (Å²) in [7, 11) is -1.24. The van der Waals surface area contributed by atoms with Crippen LogP contribution >= 0.6 is 0 Å². The Morgan fingerprint density at radius 3 is 2.35 bits per heavy atom. The van der Waals surface area contributed by atoms with Crippen LogP contribution in [0.4, 0.5) is 0 Å². The maximum absolute atomic E-state index is 12.0. The fourth-order valence-electron chi connectivity index (χ4n) is 2.27. The van der Waals surface area contributed by atoms with E-state index in [1.165, 1.54) is 0 Å². The second-order valence-electron chi connectivity index (χ2n) is 5.13. The molecule has 0 amide bonds. The van der Waals surface area contributed by atoms with Crippen molar-refractivity contribution in [1.82, 2.24) is 14.3 Å². The zero-order valence-corrected chi connectivity index (χ0v) is 11.3. The van der Waals surface area contributed by atoms with Crippen LogP contribution < -0.4 is 10.0 Å². The molecule has 1 saturated carbocycles. The Bertz CT molecular complexity index is 333. The van der Waals surface area contributed by atoms with Crippen LogP contribution in [-0.2, 0) is 10.2 Å². The molecular weight excluding hydrogens is 238 g/mol. The maximum atomic E-state index is 12.0. The molecule has 0 spiro atoms. The van der Waals surface area contributed by atoms with Crippen molar-refractivity contribution in [3.63, 3.8) is 0 Å². The van der Waals surface area contributed by atoms with E-state index in [9.17, 15) is 8.42 Å². The van der Waals surface area contributed by atoms with E-state index in [1.54, 1.807) is 4.31 Å². The highest BCUT2D eigenvalue weighted by molar-refractivity contribution is 7.87. The van der Waals surface area contributed by atoms with E-state index >= 15 is 0 Å². The molecule has 1 aliphatic carbocycles. The molecular formula is C11H23N3O2S. The molecule has 0 atom stereocenters. The lowest BCUT2D eigenvalue weighted by Gasteiger charge is -2.31. The Labute approximate surface area is 104 Å². The van der Waals surface area contributed by atoms with Crippen LogP contribution in [0.15, 0.2) is 0 Å². The fourth-order valence-corrected chi connectivity index (χ4v) is 3.77. The first-order valence-electron chi connectivity index (χ1n) is 6.54. The van der Waals surface area contributed by atoms with Crippen LogP contribution in [0.2, 0.25) is 0 Å². The highest BCUT2D eigenvalue weighted by Crippen LogP contribution is 2.24. The molecule has 0 aromatic rings. The van der Waals surface area contributed by atoms with Gasteiger partial charge in [-0.25, -0.2) is 0 Å². The van der Waals surface area contributed by atoms with Gasteiger partial charge in [0.05, 0.1) is 0 Å². The Kier molecular flexibility index (Phi) is 4.41. The van der Waals surface area contributed by atoms with Gasteiger partial charge in [-0.1, -0.05) is 0 Å². The molecule has 2 rings (SSSR count). The predicted molar refractivity (Wildman–Crippen MR) is 67.9 cm³/mol. The lowest BCUT2D eigenvalue weighted by atomic mass is 9.95. The first-order chi connectivity index (χ1) is 8.12. The molecule has 1 saturated heterocycles. The fraction of sp³-hybridized carbons (Fsp3) is 1.00. The molecule has 1 aliphatic heterocycles. The van der Waals surface area contributed by atoms with Gasteiger partial charge in [-0.2, -0.15) is 17.4 Å². The summed E-state index contributed by atoms with van der Waals surface area (Å²) in [5.74, 6) is 0.676. The average Bonchev–Trinajstić information content (AvgIpc) is 3.10. The highest BCUT2D eigenvalue weighted by atomic mass is 32.2. The first-order valence-corrected chi connectivity index (χ1v) is 7.98. The zero-order chi connectivity index (χ0) is 12.3. The van der Waals surface area contributed by atoms with Crippen LogP contribution in [0, 0.1) is 5.92 Å². The number of nitrogens with one attached hydrogen (secondary N) is 2. The zero-order valence-electron chi connectivity index (χ0n) is 10.5. The van der Waals surface area contributed by atoms with Gasteiger partial charge in [0.1, 0.15) is 0 Å². The molecule has 2 N–H and O–H groups in total. The number of nitrogens with zero attached hydrogens (tertiary/aromatic N) is 1. The molecule has 6 heteroatoms. The van der Waals surface area contributed by atoms with Crippen molar-refractivity contribution < 1.29 is 8.42 Å². The van der Waals surface area contributed by atoms with Gasteiger partial charge < -0.3 is 5.32 Å². The Morgan fingerprint density at radius 2 is 1.82 bits per heavy atom. The smallest absolute Gasteiger partial charge is 0.279 e. The molecule has 17 heavy (non-hydrogen) atoms. The summed E-state index contributed by atoms with van der Waals surface area (Å²) in [4.78, 5) is 0. The third-order valence-corrected chi connectivity index (χ3v) is 5.29. The van der Waals surface area contributed by atoms with Crippen molar-refractivity contribution in [3.05, 3.63) is 0 Å². The van der Waals surface area contributed by atoms with Crippen molar-refractivity contribution in [2.24, 2.45) is 5.92 Å². The summed E-state index contributed by atoms with van der Waals surface area (Å²) in [6.07, 6.45) is 5.14. The van der Waals surface area contributed by atoms with Crippen LogP contribution in [0.3, 0.4) is 0 Å². The summed E-state index contributed by atoms with van der Waals surface area (Å²) in [6, 6.07) is 0.210. The second-order valence-corrected chi connectivity index (χ2v) is 6.83. The van der Waals surface area contributed by atoms with Gasteiger partial charge in [0.15, 0.2) is 0 Å². The SMILES string of the molecule is CNCCC1CCN(S(=O)(=O)NC2CC2)CC1. The van der Waals surface area contributed by atoms with Crippen LogP contribution in [0.1, 0.15) is 32.1 Å². The second kappa shape index (κ2) is 5.65. The van der Waals surface area contributed by atoms with Gasteiger partial charge >= 0.3 is 0 Å². The molecule has 0 aromatic heterocycles. The van der Waals surface area contributed by atoms with Crippen molar-refractivity contribution >= 4 is 10.2 Å². The van der Waals surface area contributed by atoms with Crippen LogP contribution in [0.5, 0.6) is 0 Å². The molecule has 5 nitrogen and oxygen atoms in total. The largest absolute Gasteiger partial charge is 0.320 e. The molecule has 0 aromatic carbocycles. The quantitative estimate of drug-likeness (QED) is 0.723. The molecule has 2 aliphatic rings. The van der Waals surface area contributed by atoms with Crippen molar-refractivity contribution in [1.29, 1.82) is 0 Å². The van der Waals surface area contributed by atoms with E-state index in [-0.39, 0.29) is 6.04 Å². The summed E-state index contributed by atoms with van der Waals surface area (Å²) < 4.78 is 28.3. The Balaban J connectivity index is 1.77. The minimum Gasteiger partial charge on any atom is -0.320 e. The minimum atomic E-state index is -3.20. The number of hydrogen-bond donors (Lipinski definition) is 2. The average molecular weight is 261 g/mol. The van der Waals surface area contributed by atoms with E-state index in [4.69, 9.17) is 0 Å². The van der Waals surface area contributed by atoms with Crippen molar-refractivity contribution in [2.45, 2.75) is 38.1 Å². The van der Waals surface area contributed by atoms with Gasteiger partial charge in [0.2, 0.25) is 0 Å². The van der Waals surface area contributed by atoms with Crippen molar-refractivity contribution in [3.8, 4) is 0 Å². The summed E-state index contributed by atoms with van der Waals surface area (Å²) >= 11 is 0. The standard InChI is InChI=1S/C11H23N3O2S/c1-12-7-4-10-5-8-14(9-6-10)17(15,16)13-11-2-3-11/h10-13H,2-9H2,1H3. The van der Waals surface area contributed by atoms with E-state index in [0.29, 0.717) is 19.0 Å². The normalized spacial score (nSPS) is 24.1. The van der Waals surface area contributed by atoms with Gasteiger partial charge in [0, 0.05) is 19.1 Å². The van der Waals surface area contributed by atoms with E-state index in [0.717, 1.165) is 38.6 Å². The van der Waals surface area contributed by atoms with Crippen LogP contribution in [0.25, 0.3) is 0 Å². The van der Waals surface area contributed by atoms with Gasteiger partial charge in [-0.3, -0.25) is 0 Å². The van der Waals surface area contributed by atoms with E-state index in [2.05, 4.69) is 10.0 Å². The molecule has 0 radical (unpaired) electrons. The van der Waals surface area contributed by atoms with Gasteiger partial charge in [0.25, 0.3) is 10.2 Å². The lowest BCUT2D eigenvalue weighted by Crippen LogP contribution is -2.45. The summed E-state index contributed by atoms with van der Waals surface area (Å²) in [5.41, 5.74) is 0. The Hall–Kier alpha value is -0.170. The van der Waals surface area contributed by atoms with E-state index in [1.807, 2.05) is 7.05 Å². The lowest BCUT2D eigenvalue weighted by molar-refractivity contribution is 0.260. The number of rotatable bonds is 6. The number of piperidine rings is 1. The van der Waals surface area contributed by atoms with Gasteiger partial charge in [-0.15, -0.1) is 0 Å². The van der Waals surface area contributed by atoms with Gasteiger partial charge in [-0.05, 0) is 51.6 Å². The van der Waals surface area contributed by atoms with Crippen LogP contribution in [-0.4, -0.2) is 45.4 Å². The molecule has 0 bridgehead atoms. The molecule has 0 unspecified atom stereocenters. The highest BCUT2D eigenvalue weighted by Gasteiger charge is 2.32. The van der Waals surface area contributed by atoms with Crippen molar-refractivity contribution in [2.75, 3.05) is 26.7 Å². The first kappa shape index (κ1) is 13.3. The molecule has 1 heterocycles. The Morgan fingerprint density at radius 1 is 1.18 bits per heavy atom. The predicted octanol–water partition coefficient (Wildman–Crippen LogP) is 0.305. The topological polar surface area (TPSA) is 61.4 Å². The monoisotopic (exact) mass is 261 g/mol. The third-order valence-electron chi connectivity index (χ3n) is 3.61. The summed E-state index contributed by atoms with van der Waals surface area (Å²) in [6.45, 7) is 2.38. The molecule has 2 fully saturated rings. The number of hydrogen-bond acceptors (Lipinski definition) is 3. The molecule has 100 valence electrons. The van der Waals surface area contributed by atoms with E-state index < -0.39 is 10.2 Å². The minimum absolute atomic E-state index is 0.210. The summed E-state index contributed by atoms with van der Waals surface area (Å²) in [5, 5.41) is 3.15. The maximum Gasteiger partial charge on any atom is 0.279 e.